The Labute approximate surface area is 220 Å². The van der Waals surface area contributed by atoms with Gasteiger partial charge in [-0.1, -0.05) is 12.1 Å². The first-order valence-corrected chi connectivity index (χ1v) is 12.5. The Morgan fingerprint density at radius 3 is 2.64 bits per heavy atom. The number of anilines is 1. The molecule has 2 aliphatic rings. The number of amides is 1. The minimum absolute atomic E-state index is 0.0443. The number of carbonyl (C=O) groups is 1. The van der Waals surface area contributed by atoms with Crippen LogP contribution in [0.1, 0.15) is 41.8 Å². The highest BCUT2D eigenvalue weighted by Gasteiger charge is 2.46. The molecule has 4 aromatic rings. The maximum absolute atomic E-state index is 14.7. The summed E-state index contributed by atoms with van der Waals surface area (Å²) in [5, 5.41) is 18.2. The van der Waals surface area contributed by atoms with Crippen LogP contribution in [0.5, 0.6) is 0 Å². The van der Waals surface area contributed by atoms with E-state index in [0.29, 0.717) is 29.7 Å². The van der Waals surface area contributed by atoms with Crippen LogP contribution in [-0.4, -0.2) is 62.6 Å². The molecule has 5 heterocycles. The van der Waals surface area contributed by atoms with E-state index in [4.69, 9.17) is 5.73 Å². The minimum Gasteiger partial charge on any atom is -0.369 e. The van der Waals surface area contributed by atoms with Crippen LogP contribution in [-0.2, 0) is 11.3 Å². The zero-order valence-corrected chi connectivity index (χ0v) is 20.7. The van der Waals surface area contributed by atoms with E-state index in [0.717, 1.165) is 33.8 Å². The van der Waals surface area contributed by atoms with Crippen molar-refractivity contribution in [2.75, 3.05) is 31.1 Å². The Kier molecular flexibility index (Phi) is 5.95. The van der Waals surface area contributed by atoms with Crippen LogP contribution >= 0.6 is 0 Å². The van der Waals surface area contributed by atoms with Crippen molar-refractivity contribution < 1.29 is 22.4 Å². The maximum Gasteiger partial charge on any atom is 0.412 e. The largest absolute Gasteiger partial charge is 0.412 e. The average molecular weight is 541 g/mol. The van der Waals surface area contributed by atoms with Crippen molar-refractivity contribution in [3.8, 4) is 6.07 Å². The minimum atomic E-state index is -4.60. The molecule has 6 rings (SSSR count). The fourth-order valence-corrected chi connectivity index (χ4v) is 5.84. The summed E-state index contributed by atoms with van der Waals surface area (Å²) in [6, 6.07) is 8.44. The highest BCUT2D eigenvalue weighted by molar-refractivity contribution is 5.84. The first-order valence-electron chi connectivity index (χ1n) is 12.5. The SMILES string of the molecule is N#Cc1ccc(N2Cc3c4ccc(C5CCN(CC(N)=O)CC5)cc4nn3[C@@H](C(F)(F)F)C2)c2c(F)cnn12. The number of benzene rings is 1. The summed E-state index contributed by atoms with van der Waals surface area (Å²) in [5.41, 5.74) is 7.39. The van der Waals surface area contributed by atoms with E-state index in [1.807, 2.05) is 29.2 Å². The molecule has 0 aliphatic carbocycles. The number of piperidine rings is 1. The molecule has 202 valence electrons. The van der Waals surface area contributed by atoms with Gasteiger partial charge in [0.25, 0.3) is 0 Å². The van der Waals surface area contributed by atoms with E-state index in [1.165, 1.54) is 17.0 Å². The van der Waals surface area contributed by atoms with Crippen LogP contribution in [0.15, 0.2) is 36.5 Å². The summed E-state index contributed by atoms with van der Waals surface area (Å²) in [5.74, 6) is -0.894. The number of carbonyl (C=O) groups excluding carboxylic acids is 1. The number of pyridine rings is 1. The lowest BCUT2D eigenvalue weighted by Gasteiger charge is -2.36. The number of primary amides is 1. The summed E-state index contributed by atoms with van der Waals surface area (Å²) in [6.45, 7) is 1.23. The first kappa shape index (κ1) is 25.1. The molecule has 0 spiro atoms. The number of hydrogen-bond acceptors (Lipinski definition) is 6. The molecule has 2 N–H and O–H groups in total. The number of fused-ring (bicyclic) bond motifs is 4. The van der Waals surface area contributed by atoms with Crippen molar-refractivity contribution in [3.63, 3.8) is 0 Å². The molecule has 0 bridgehead atoms. The van der Waals surface area contributed by atoms with Gasteiger partial charge in [-0.3, -0.25) is 14.4 Å². The molecule has 1 amide bonds. The molecule has 3 aromatic heterocycles. The smallest absolute Gasteiger partial charge is 0.369 e. The number of likely N-dealkylation sites (tertiary alicyclic amines) is 1. The van der Waals surface area contributed by atoms with Gasteiger partial charge in [-0.2, -0.15) is 28.6 Å². The molecule has 39 heavy (non-hydrogen) atoms. The Morgan fingerprint density at radius 2 is 1.95 bits per heavy atom. The molecule has 13 heteroatoms. The van der Waals surface area contributed by atoms with Gasteiger partial charge in [0, 0.05) is 11.9 Å². The number of halogens is 4. The lowest BCUT2D eigenvalue weighted by molar-refractivity contribution is -0.169. The first-order chi connectivity index (χ1) is 18.6. The number of alkyl halides is 3. The predicted octanol–water partition coefficient (Wildman–Crippen LogP) is 3.48. The van der Waals surface area contributed by atoms with Crippen molar-refractivity contribution in [3.05, 3.63) is 59.3 Å². The maximum atomic E-state index is 14.7. The van der Waals surface area contributed by atoms with Crippen molar-refractivity contribution in [1.82, 2.24) is 24.3 Å². The normalized spacial score (nSPS) is 18.9. The van der Waals surface area contributed by atoms with E-state index in [2.05, 4.69) is 10.2 Å². The van der Waals surface area contributed by atoms with E-state index in [-0.39, 0.29) is 41.8 Å². The van der Waals surface area contributed by atoms with Crippen molar-refractivity contribution >= 4 is 28.0 Å². The highest BCUT2D eigenvalue weighted by Crippen LogP contribution is 2.41. The number of rotatable bonds is 4. The lowest BCUT2D eigenvalue weighted by atomic mass is 9.89. The molecule has 0 saturated carbocycles. The van der Waals surface area contributed by atoms with Gasteiger partial charge in [0.05, 0.1) is 36.2 Å². The second kappa shape index (κ2) is 9.23. The topological polar surface area (TPSA) is 108 Å². The molecule has 1 fully saturated rings. The van der Waals surface area contributed by atoms with Crippen LogP contribution < -0.4 is 10.6 Å². The summed E-state index contributed by atoms with van der Waals surface area (Å²) >= 11 is 0. The van der Waals surface area contributed by atoms with E-state index >= 15 is 0 Å². The Balaban J connectivity index is 1.37. The number of nitrogens with zero attached hydrogens (tertiary/aromatic N) is 7. The quantitative estimate of drug-likeness (QED) is 0.397. The Bertz CT molecular complexity index is 1630. The van der Waals surface area contributed by atoms with Crippen molar-refractivity contribution in [2.45, 2.75) is 37.5 Å². The summed E-state index contributed by atoms with van der Waals surface area (Å²) < 4.78 is 59.9. The van der Waals surface area contributed by atoms with Crippen molar-refractivity contribution in [2.24, 2.45) is 5.73 Å². The van der Waals surface area contributed by atoms with Gasteiger partial charge in [-0.15, -0.1) is 0 Å². The van der Waals surface area contributed by atoms with Gasteiger partial charge < -0.3 is 10.6 Å². The van der Waals surface area contributed by atoms with Gasteiger partial charge in [0.15, 0.2) is 11.9 Å². The number of aromatic nitrogens is 4. The van der Waals surface area contributed by atoms with Crippen molar-refractivity contribution in [1.29, 1.82) is 5.26 Å². The highest BCUT2D eigenvalue weighted by atomic mass is 19.4. The molecular weight excluding hydrogens is 516 g/mol. The van der Waals surface area contributed by atoms with Crippen LogP contribution in [0.25, 0.3) is 16.4 Å². The van der Waals surface area contributed by atoms with Crippen LogP contribution in [0.4, 0.5) is 23.2 Å². The molecule has 1 aromatic carbocycles. The van der Waals surface area contributed by atoms with Crippen LogP contribution in [0, 0.1) is 17.1 Å². The van der Waals surface area contributed by atoms with Gasteiger partial charge in [0.1, 0.15) is 17.3 Å². The monoisotopic (exact) mass is 540 g/mol. The second-order valence-corrected chi connectivity index (χ2v) is 10.1. The molecular formula is C26H24F4N8O. The van der Waals surface area contributed by atoms with Gasteiger partial charge in [-0.25, -0.2) is 8.91 Å². The molecule has 0 radical (unpaired) electrons. The third kappa shape index (κ3) is 4.34. The van der Waals surface area contributed by atoms with Gasteiger partial charge in [-0.05, 0) is 55.6 Å². The van der Waals surface area contributed by atoms with Crippen LogP contribution in [0.3, 0.4) is 0 Å². The summed E-state index contributed by atoms with van der Waals surface area (Å²) in [7, 11) is 0. The van der Waals surface area contributed by atoms with E-state index in [1.54, 1.807) is 0 Å². The Morgan fingerprint density at radius 1 is 1.18 bits per heavy atom. The molecule has 9 nitrogen and oxygen atoms in total. The molecule has 0 unspecified atom stereocenters. The fraction of sp³-hybridized carbons (Fsp3) is 0.385. The molecule has 2 aliphatic heterocycles. The predicted molar refractivity (Wildman–Crippen MR) is 133 cm³/mol. The molecule has 1 atom stereocenters. The third-order valence-corrected chi connectivity index (χ3v) is 7.72. The second-order valence-electron chi connectivity index (χ2n) is 10.1. The third-order valence-electron chi connectivity index (χ3n) is 7.72. The summed E-state index contributed by atoms with van der Waals surface area (Å²) in [4.78, 5) is 14.7. The van der Waals surface area contributed by atoms with Gasteiger partial charge >= 0.3 is 6.18 Å². The van der Waals surface area contributed by atoms with Gasteiger partial charge in [0.2, 0.25) is 5.91 Å². The zero-order valence-electron chi connectivity index (χ0n) is 20.7. The standard InChI is InChI=1S/C26H24F4N8O/c27-19-11-33-37-17(10-31)2-4-21(25(19)37)36-12-22-18-3-1-16(15-5-7-35(8-6-15)14-24(32)39)9-20(18)34-38(22)23(13-36)26(28,29)30/h1-4,9,11,15,23H,5-8,12-14H2,(H2,32,39)/t23-/m1/s1. The number of hydrogen-bond donors (Lipinski definition) is 1. The van der Waals surface area contributed by atoms with E-state index in [9.17, 15) is 27.6 Å². The average Bonchev–Trinajstić information content (AvgIpc) is 3.47. The lowest BCUT2D eigenvalue weighted by Crippen LogP contribution is -2.44. The molecule has 1 saturated heterocycles. The number of nitrogens with two attached hydrogens (primary N) is 1. The Hall–Kier alpha value is -4.18. The van der Waals surface area contributed by atoms with Crippen LogP contribution in [0.2, 0.25) is 0 Å². The summed E-state index contributed by atoms with van der Waals surface area (Å²) in [6.07, 6.45) is -2.05. The number of nitriles is 1. The van der Waals surface area contributed by atoms with E-state index < -0.39 is 24.6 Å². The fourth-order valence-electron chi connectivity index (χ4n) is 5.84. The zero-order chi connectivity index (χ0) is 27.5.